The van der Waals surface area contributed by atoms with Crippen LogP contribution in [0.5, 0.6) is 0 Å². The summed E-state index contributed by atoms with van der Waals surface area (Å²) in [6.45, 7) is 5.16. The van der Waals surface area contributed by atoms with Crippen molar-refractivity contribution >= 4 is 17.1 Å². The van der Waals surface area contributed by atoms with E-state index in [9.17, 15) is 10.1 Å². The molecule has 5 heterocycles. The molecule has 1 N–H and O–H groups in total. The van der Waals surface area contributed by atoms with E-state index in [1.165, 1.54) is 0 Å². The first-order chi connectivity index (χ1) is 16.6. The zero-order valence-electron chi connectivity index (χ0n) is 19.0. The predicted octanol–water partition coefficient (Wildman–Crippen LogP) is 2.90. The van der Waals surface area contributed by atoms with Gasteiger partial charge in [0.25, 0.3) is 5.69 Å². The van der Waals surface area contributed by atoms with Gasteiger partial charge in [-0.15, -0.1) is 0 Å². The SMILES string of the molecule is CCN1NC(c2cccnc2)=C2C1=CN(c1ccc([N+](=O)[O-])cc1)CN2N1CC2CCC(C1)O2. The molecular formula is C24H27N7O3. The summed E-state index contributed by atoms with van der Waals surface area (Å²) in [7, 11) is 0. The molecule has 0 saturated carbocycles. The molecule has 1 aromatic heterocycles. The van der Waals surface area contributed by atoms with E-state index in [2.05, 4.69) is 49.5 Å². The number of morpholine rings is 1. The van der Waals surface area contributed by atoms with Gasteiger partial charge in [-0.05, 0) is 44.0 Å². The van der Waals surface area contributed by atoms with Gasteiger partial charge in [0.05, 0.1) is 22.8 Å². The highest BCUT2D eigenvalue weighted by Gasteiger charge is 2.42. The maximum Gasteiger partial charge on any atom is 0.269 e. The molecule has 0 aliphatic carbocycles. The Labute approximate surface area is 197 Å². The van der Waals surface area contributed by atoms with Crippen molar-refractivity contribution in [3.05, 3.63) is 82.1 Å². The number of anilines is 1. The lowest BCUT2D eigenvalue weighted by atomic mass is 10.1. The summed E-state index contributed by atoms with van der Waals surface area (Å²) in [5.74, 6) is 0. The molecule has 2 atom stereocenters. The smallest absolute Gasteiger partial charge is 0.269 e. The molecule has 0 spiro atoms. The number of fused-ring (bicyclic) bond motifs is 3. The first kappa shape index (κ1) is 20.9. The Bertz CT molecular complexity index is 1140. The molecule has 2 bridgehead atoms. The van der Waals surface area contributed by atoms with Crippen LogP contribution in [0.25, 0.3) is 5.70 Å². The third-order valence-corrected chi connectivity index (χ3v) is 6.86. The minimum absolute atomic E-state index is 0.0900. The highest BCUT2D eigenvalue weighted by molar-refractivity contribution is 5.74. The van der Waals surface area contributed by atoms with Gasteiger partial charge in [-0.2, -0.15) is 0 Å². The summed E-state index contributed by atoms with van der Waals surface area (Å²) in [4.78, 5) is 17.3. The van der Waals surface area contributed by atoms with Gasteiger partial charge in [0.1, 0.15) is 18.1 Å². The maximum absolute atomic E-state index is 11.1. The summed E-state index contributed by atoms with van der Waals surface area (Å²) in [6, 6.07) is 10.8. The van der Waals surface area contributed by atoms with Gasteiger partial charge in [0.15, 0.2) is 0 Å². The first-order valence-electron chi connectivity index (χ1n) is 11.7. The fourth-order valence-corrected chi connectivity index (χ4v) is 5.20. The maximum atomic E-state index is 11.1. The highest BCUT2D eigenvalue weighted by Crippen LogP contribution is 2.39. The van der Waals surface area contributed by atoms with Crippen molar-refractivity contribution in [3.8, 4) is 0 Å². The van der Waals surface area contributed by atoms with Crippen molar-refractivity contribution in [2.24, 2.45) is 0 Å². The second kappa shape index (κ2) is 8.30. The molecule has 4 aliphatic rings. The van der Waals surface area contributed by atoms with E-state index in [1.807, 2.05) is 24.4 Å². The fraction of sp³-hybridized carbons (Fsp3) is 0.375. The Morgan fingerprint density at radius 1 is 1.18 bits per heavy atom. The van der Waals surface area contributed by atoms with Gasteiger partial charge in [-0.1, -0.05) is 0 Å². The van der Waals surface area contributed by atoms with Gasteiger partial charge in [0.2, 0.25) is 0 Å². The zero-order valence-corrected chi connectivity index (χ0v) is 19.0. The van der Waals surface area contributed by atoms with Crippen LogP contribution in [0.4, 0.5) is 11.4 Å². The lowest BCUT2D eigenvalue weighted by molar-refractivity contribution is -0.384. The van der Waals surface area contributed by atoms with E-state index >= 15 is 0 Å². The molecule has 2 aromatic rings. The molecule has 4 aliphatic heterocycles. The largest absolute Gasteiger partial charge is 0.372 e. The van der Waals surface area contributed by atoms with E-state index in [1.54, 1.807) is 18.3 Å². The molecule has 6 rings (SSSR count). The number of non-ortho nitro benzene ring substituents is 1. The molecule has 1 aromatic carbocycles. The van der Waals surface area contributed by atoms with E-state index in [0.717, 1.165) is 60.8 Å². The number of nitro groups is 1. The molecule has 2 fully saturated rings. The predicted molar refractivity (Wildman–Crippen MR) is 127 cm³/mol. The third-order valence-electron chi connectivity index (χ3n) is 6.86. The Hall–Kier alpha value is -3.63. The second-order valence-electron chi connectivity index (χ2n) is 8.95. The minimum Gasteiger partial charge on any atom is -0.372 e. The standard InChI is InChI=1S/C24H27N7O3/c1-2-29-22-15-27(18-5-7-19(8-6-18)31(32)33)16-30(28-13-20-9-10-21(14-28)34-20)24(22)23(26-29)17-4-3-11-25-12-17/h3-8,11-12,15,20-21,26H,2,9-10,13-14,16H2,1H3. The number of pyridine rings is 1. The molecule has 2 saturated heterocycles. The Kier molecular flexibility index (Phi) is 5.11. The number of hydrogen-bond acceptors (Lipinski definition) is 9. The average Bonchev–Trinajstić information content (AvgIpc) is 3.42. The molecule has 34 heavy (non-hydrogen) atoms. The number of aromatic nitrogens is 1. The summed E-state index contributed by atoms with van der Waals surface area (Å²) in [6.07, 6.45) is 8.49. The number of nitro benzene ring substituents is 1. The zero-order chi connectivity index (χ0) is 23.2. The Morgan fingerprint density at radius 2 is 1.94 bits per heavy atom. The van der Waals surface area contributed by atoms with Crippen LogP contribution in [-0.2, 0) is 4.74 Å². The molecule has 2 unspecified atom stereocenters. The summed E-state index contributed by atoms with van der Waals surface area (Å²) < 4.78 is 6.12. The number of nitrogens with one attached hydrogen (secondary N) is 1. The number of rotatable bonds is 5. The first-order valence-corrected chi connectivity index (χ1v) is 11.7. The van der Waals surface area contributed by atoms with Crippen molar-refractivity contribution in [1.29, 1.82) is 0 Å². The number of ether oxygens (including phenoxy) is 1. The van der Waals surface area contributed by atoms with Crippen molar-refractivity contribution in [3.63, 3.8) is 0 Å². The second-order valence-corrected chi connectivity index (χ2v) is 8.95. The van der Waals surface area contributed by atoms with Crippen LogP contribution < -0.4 is 10.3 Å². The van der Waals surface area contributed by atoms with Gasteiger partial charge in [-0.3, -0.25) is 30.5 Å². The van der Waals surface area contributed by atoms with Crippen LogP contribution in [0.2, 0.25) is 0 Å². The number of benzene rings is 1. The normalized spacial score (nSPS) is 24.3. The summed E-state index contributed by atoms with van der Waals surface area (Å²) >= 11 is 0. The van der Waals surface area contributed by atoms with E-state index in [0.29, 0.717) is 6.67 Å². The van der Waals surface area contributed by atoms with Crippen LogP contribution in [0, 0.1) is 10.1 Å². The van der Waals surface area contributed by atoms with Gasteiger partial charge in [0, 0.05) is 61.6 Å². The summed E-state index contributed by atoms with van der Waals surface area (Å²) in [5, 5.41) is 18.0. The van der Waals surface area contributed by atoms with Crippen LogP contribution in [0.15, 0.2) is 66.4 Å². The van der Waals surface area contributed by atoms with Crippen LogP contribution in [-0.4, -0.2) is 63.4 Å². The van der Waals surface area contributed by atoms with Crippen molar-refractivity contribution < 1.29 is 9.66 Å². The average molecular weight is 462 g/mol. The van der Waals surface area contributed by atoms with E-state index < -0.39 is 0 Å². The topological polar surface area (TPSA) is 90.2 Å². The van der Waals surface area contributed by atoms with Gasteiger partial charge < -0.3 is 9.64 Å². The van der Waals surface area contributed by atoms with Crippen molar-refractivity contribution in [1.82, 2.24) is 25.4 Å². The Morgan fingerprint density at radius 3 is 2.59 bits per heavy atom. The van der Waals surface area contributed by atoms with Gasteiger partial charge in [-0.25, -0.2) is 5.01 Å². The quantitative estimate of drug-likeness (QED) is 0.533. The molecule has 10 heteroatoms. The lowest BCUT2D eigenvalue weighted by Crippen LogP contribution is -2.56. The molecule has 0 radical (unpaired) electrons. The number of hydrazine groups is 2. The van der Waals surface area contributed by atoms with Crippen LogP contribution in [0.3, 0.4) is 0 Å². The number of nitrogens with zero attached hydrogens (tertiary/aromatic N) is 6. The Balaban J connectivity index is 1.44. The van der Waals surface area contributed by atoms with Crippen LogP contribution >= 0.6 is 0 Å². The van der Waals surface area contributed by atoms with Crippen LogP contribution in [0.1, 0.15) is 25.3 Å². The monoisotopic (exact) mass is 461 g/mol. The number of likely N-dealkylation sites (N-methyl/N-ethyl adjacent to an activating group) is 1. The number of hydrogen-bond donors (Lipinski definition) is 1. The minimum atomic E-state index is -0.366. The molecule has 0 amide bonds. The van der Waals surface area contributed by atoms with E-state index in [4.69, 9.17) is 4.74 Å². The molecular weight excluding hydrogens is 434 g/mol. The molecule has 176 valence electrons. The summed E-state index contributed by atoms with van der Waals surface area (Å²) in [5.41, 5.74) is 8.83. The van der Waals surface area contributed by atoms with Crippen molar-refractivity contribution in [2.45, 2.75) is 32.0 Å². The third kappa shape index (κ3) is 3.55. The lowest BCUT2D eigenvalue weighted by Gasteiger charge is -2.46. The molecule has 10 nitrogen and oxygen atoms in total. The van der Waals surface area contributed by atoms with Gasteiger partial charge >= 0.3 is 0 Å². The highest BCUT2D eigenvalue weighted by atomic mass is 16.6. The fourth-order valence-electron chi connectivity index (χ4n) is 5.20. The van der Waals surface area contributed by atoms with Crippen molar-refractivity contribution in [2.75, 3.05) is 31.2 Å². The van der Waals surface area contributed by atoms with E-state index in [-0.39, 0.29) is 22.8 Å².